The number of nitrogens with one attached hydrogen (secondary N) is 1. The van der Waals surface area contributed by atoms with Gasteiger partial charge in [0.15, 0.2) is 17.3 Å². The molecule has 4 rings (SSSR count). The van der Waals surface area contributed by atoms with E-state index in [1.165, 1.54) is 10.7 Å². The van der Waals surface area contributed by atoms with Gasteiger partial charge in [-0.1, -0.05) is 6.07 Å². The van der Waals surface area contributed by atoms with E-state index >= 15 is 0 Å². The van der Waals surface area contributed by atoms with Crippen molar-refractivity contribution in [3.63, 3.8) is 0 Å². The number of anilines is 1. The first-order valence-corrected chi connectivity index (χ1v) is 8.58. The standard InChI is InChI=1S/C20H17F2N3O2/c1-27-14-5-2-4-12(10-14)23-20(26)19-15-6-3-7-18(15)25(24-19)13-8-9-16(21)17(22)11-13/h2,4-5,8-11H,3,6-7H2,1H3,(H,23,26). The zero-order chi connectivity index (χ0) is 19.0. The Bertz CT molecular complexity index is 1030. The van der Waals surface area contributed by atoms with Crippen LogP contribution in [0.5, 0.6) is 5.75 Å². The van der Waals surface area contributed by atoms with Crippen molar-refractivity contribution in [2.75, 3.05) is 12.4 Å². The number of halogens is 2. The molecule has 0 radical (unpaired) electrons. The van der Waals surface area contributed by atoms with Crippen LogP contribution in [0.3, 0.4) is 0 Å². The van der Waals surface area contributed by atoms with Crippen LogP contribution in [0.15, 0.2) is 42.5 Å². The molecule has 0 saturated heterocycles. The quantitative estimate of drug-likeness (QED) is 0.759. The number of ether oxygens (including phenoxy) is 1. The van der Waals surface area contributed by atoms with E-state index in [4.69, 9.17) is 4.74 Å². The molecule has 1 heterocycles. The molecule has 2 aromatic carbocycles. The number of amides is 1. The summed E-state index contributed by atoms with van der Waals surface area (Å²) < 4.78 is 33.6. The van der Waals surface area contributed by atoms with Gasteiger partial charge in [-0.05, 0) is 43.5 Å². The van der Waals surface area contributed by atoms with Crippen LogP contribution in [0, 0.1) is 11.6 Å². The molecule has 0 fully saturated rings. The molecule has 0 atom stereocenters. The Kier molecular flexibility index (Phi) is 4.35. The SMILES string of the molecule is COc1cccc(NC(=O)c2nn(-c3ccc(F)c(F)c3)c3c2CCC3)c1. The molecule has 1 aliphatic carbocycles. The van der Waals surface area contributed by atoms with Gasteiger partial charge in [0, 0.05) is 29.1 Å². The van der Waals surface area contributed by atoms with Crippen LogP contribution in [-0.2, 0) is 12.8 Å². The highest BCUT2D eigenvalue weighted by Crippen LogP contribution is 2.29. The Morgan fingerprint density at radius 2 is 2.00 bits per heavy atom. The van der Waals surface area contributed by atoms with Crippen molar-refractivity contribution in [2.24, 2.45) is 0 Å². The van der Waals surface area contributed by atoms with E-state index in [0.717, 1.165) is 42.7 Å². The second-order valence-corrected chi connectivity index (χ2v) is 6.32. The highest BCUT2D eigenvalue weighted by atomic mass is 19.2. The van der Waals surface area contributed by atoms with Gasteiger partial charge in [-0.3, -0.25) is 4.79 Å². The van der Waals surface area contributed by atoms with E-state index in [1.54, 1.807) is 31.4 Å². The van der Waals surface area contributed by atoms with Crippen molar-refractivity contribution in [2.45, 2.75) is 19.3 Å². The molecule has 1 aromatic heterocycles. The van der Waals surface area contributed by atoms with E-state index in [1.807, 2.05) is 0 Å². The van der Waals surface area contributed by atoms with E-state index in [-0.39, 0.29) is 5.91 Å². The number of nitrogens with zero attached hydrogens (tertiary/aromatic N) is 2. The van der Waals surface area contributed by atoms with E-state index in [9.17, 15) is 13.6 Å². The van der Waals surface area contributed by atoms with Crippen LogP contribution in [-0.4, -0.2) is 22.8 Å². The second kappa shape index (κ2) is 6.83. The lowest BCUT2D eigenvalue weighted by Crippen LogP contribution is -2.15. The molecule has 1 amide bonds. The third-order valence-corrected chi connectivity index (χ3v) is 4.62. The summed E-state index contributed by atoms with van der Waals surface area (Å²) in [5, 5.41) is 7.21. The van der Waals surface area contributed by atoms with Crippen LogP contribution in [0.1, 0.15) is 28.2 Å². The van der Waals surface area contributed by atoms with Gasteiger partial charge in [0.1, 0.15) is 5.75 Å². The highest BCUT2D eigenvalue weighted by molar-refractivity contribution is 6.04. The number of fused-ring (bicyclic) bond motifs is 1. The van der Waals surface area contributed by atoms with Crippen molar-refractivity contribution in [1.29, 1.82) is 0 Å². The average molecular weight is 369 g/mol. The van der Waals surface area contributed by atoms with Crippen molar-refractivity contribution in [3.8, 4) is 11.4 Å². The van der Waals surface area contributed by atoms with E-state index in [0.29, 0.717) is 22.8 Å². The number of hydrogen-bond acceptors (Lipinski definition) is 3. The molecule has 0 bridgehead atoms. The fraction of sp³-hybridized carbons (Fsp3) is 0.200. The summed E-state index contributed by atoms with van der Waals surface area (Å²) >= 11 is 0. The maximum absolute atomic E-state index is 13.6. The fourth-order valence-corrected chi connectivity index (χ4v) is 3.34. The molecule has 1 aliphatic rings. The first-order valence-electron chi connectivity index (χ1n) is 8.58. The lowest BCUT2D eigenvalue weighted by atomic mass is 10.2. The molecule has 27 heavy (non-hydrogen) atoms. The second-order valence-electron chi connectivity index (χ2n) is 6.32. The zero-order valence-electron chi connectivity index (χ0n) is 14.6. The number of methoxy groups -OCH3 is 1. The zero-order valence-corrected chi connectivity index (χ0v) is 14.6. The molecule has 1 N–H and O–H groups in total. The van der Waals surface area contributed by atoms with Gasteiger partial charge >= 0.3 is 0 Å². The summed E-state index contributed by atoms with van der Waals surface area (Å²) in [5.41, 5.74) is 2.99. The first-order chi connectivity index (χ1) is 13.1. The van der Waals surface area contributed by atoms with Gasteiger partial charge in [-0.2, -0.15) is 5.10 Å². The minimum atomic E-state index is -0.947. The number of carbonyl (C=O) groups is 1. The number of aromatic nitrogens is 2. The topological polar surface area (TPSA) is 56.1 Å². The minimum Gasteiger partial charge on any atom is -0.497 e. The Hall–Kier alpha value is -3.22. The number of hydrogen-bond donors (Lipinski definition) is 1. The molecule has 138 valence electrons. The van der Waals surface area contributed by atoms with E-state index < -0.39 is 11.6 Å². The fourth-order valence-electron chi connectivity index (χ4n) is 3.34. The first kappa shape index (κ1) is 17.2. The molecular weight excluding hydrogens is 352 g/mol. The Balaban J connectivity index is 1.69. The van der Waals surface area contributed by atoms with Crippen LogP contribution in [0.4, 0.5) is 14.5 Å². The Morgan fingerprint density at radius 1 is 1.15 bits per heavy atom. The summed E-state index contributed by atoms with van der Waals surface area (Å²) in [7, 11) is 1.55. The third-order valence-electron chi connectivity index (χ3n) is 4.62. The minimum absolute atomic E-state index is 0.301. The van der Waals surface area contributed by atoms with Gasteiger partial charge in [0.2, 0.25) is 0 Å². The molecule has 5 nitrogen and oxygen atoms in total. The number of rotatable bonds is 4. The highest BCUT2D eigenvalue weighted by Gasteiger charge is 2.27. The molecule has 3 aromatic rings. The van der Waals surface area contributed by atoms with Crippen molar-refractivity contribution >= 4 is 11.6 Å². The average Bonchev–Trinajstić information content (AvgIpc) is 3.27. The summed E-state index contributed by atoms with van der Waals surface area (Å²) in [5.74, 6) is -1.58. The molecule has 0 saturated carbocycles. The number of carbonyl (C=O) groups excluding carboxylic acids is 1. The predicted molar refractivity (Wildman–Crippen MR) is 96.5 cm³/mol. The van der Waals surface area contributed by atoms with Gasteiger partial charge in [0.25, 0.3) is 5.91 Å². The molecule has 0 aliphatic heterocycles. The van der Waals surface area contributed by atoms with Crippen LogP contribution < -0.4 is 10.1 Å². The summed E-state index contributed by atoms with van der Waals surface area (Å²) in [6.45, 7) is 0. The smallest absolute Gasteiger partial charge is 0.276 e. The molecular formula is C20H17F2N3O2. The summed E-state index contributed by atoms with van der Waals surface area (Å²) in [6, 6.07) is 10.6. The van der Waals surface area contributed by atoms with Gasteiger partial charge < -0.3 is 10.1 Å². The normalized spacial score (nSPS) is 12.7. The molecule has 0 unspecified atom stereocenters. The Morgan fingerprint density at radius 3 is 2.78 bits per heavy atom. The van der Waals surface area contributed by atoms with Gasteiger partial charge in [-0.25, -0.2) is 13.5 Å². The van der Waals surface area contributed by atoms with Gasteiger partial charge in [0.05, 0.1) is 12.8 Å². The third kappa shape index (κ3) is 3.16. The maximum Gasteiger partial charge on any atom is 0.276 e. The lowest BCUT2D eigenvalue weighted by molar-refractivity contribution is 0.102. The van der Waals surface area contributed by atoms with Crippen LogP contribution in [0.2, 0.25) is 0 Å². The lowest BCUT2D eigenvalue weighted by Gasteiger charge is -2.07. The summed E-state index contributed by atoms with van der Waals surface area (Å²) in [6.07, 6.45) is 2.34. The van der Waals surface area contributed by atoms with Crippen molar-refractivity contribution in [1.82, 2.24) is 9.78 Å². The largest absolute Gasteiger partial charge is 0.497 e. The van der Waals surface area contributed by atoms with Crippen LogP contribution >= 0.6 is 0 Å². The van der Waals surface area contributed by atoms with E-state index in [2.05, 4.69) is 10.4 Å². The van der Waals surface area contributed by atoms with Crippen LogP contribution in [0.25, 0.3) is 5.69 Å². The Labute approximate surface area is 154 Å². The van der Waals surface area contributed by atoms with Gasteiger partial charge in [-0.15, -0.1) is 0 Å². The molecule has 7 heteroatoms. The summed E-state index contributed by atoms with van der Waals surface area (Å²) in [4.78, 5) is 12.8. The predicted octanol–water partition coefficient (Wildman–Crippen LogP) is 3.90. The molecule has 0 spiro atoms. The van der Waals surface area contributed by atoms with Crippen molar-refractivity contribution < 1.29 is 18.3 Å². The number of benzene rings is 2. The van der Waals surface area contributed by atoms with Crippen molar-refractivity contribution in [3.05, 3.63) is 71.1 Å². The maximum atomic E-state index is 13.6. The monoisotopic (exact) mass is 369 g/mol.